The second kappa shape index (κ2) is 6.72. The number of benzene rings is 1. The smallest absolute Gasteiger partial charge is 0.279 e. The lowest BCUT2D eigenvalue weighted by Gasteiger charge is -2.10. The van der Waals surface area contributed by atoms with Crippen LogP contribution < -0.4 is 10.6 Å². The van der Waals surface area contributed by atoms with Crippen molar-refractivity contribution in [3.05, 3.63) is 52.4 Å². The van der Waals surface area contributed by atoms with Gasteiger partial charge in [0.25, 0.3) is 5.91 Å². The quantitative estimate of drug-likeness (QED) is 0.880. The molecule has 3 N–H and O–H groups in total. The van der Waals surface area contributed by atoms with Gasteiger partial charge in [-0.2, -0.15) is 0 Å². The van der Waals surface area contributed by atoms with E-state index in [9.17, 15) is 4.79 Å². The fourth-order valence-corrected chi connectivity index (χ4v) is 2.47. The SMILES string of the molecule is Cc1ccc(NC(=O)C[NH2+][C@@H](C)c2ccco2)c(Br)c1. The predicted molar refractivity (Wildman–Crippen MR) is 81.4 cm³/mol. The van der Waals surface area contributed by atoms with E-state index in [0.717, 1.165) is 21.5 Å². The van der Waals surface area contributed by atoms with E-state index >= 15 is 0 Å². The highest BCUT2D eigenvalue weighted by molar-refractivity contribution is 9.10. The Bertz CT molecular complexity index is 582. The first kappa shape index (κ1) is 14.8. The maximum Gasteiger partial charge on any atom is 0.279 e. The summed E-state index contributed by atoms with van der Waals surface area (Å²) in [7, 11) is 0. The molecule has 2 rings (SSSR count). The zero-order valence-electron chi connectivity index (χ0n) is 11.5. The van der Waals surface area contributed by atoms with E-state index in [1.165, 1.54) is 0 Å². The first-order valence-corrected chi connectivity index (χ1v) is 7.28. The van der Waals surface area contributed by atoms with Crippen LogP contribution in [0.2, 0.25) is 0 Å². The molecule has 0 aliphatic rings. The van der Waals surface area contributed by atoms with Crippen LogP contribution in [0.15, 0.2) is 45.5 Å². The van der Waals surface area contributed by atoms with Crippen LogP contribution in [0.5, 0.6) is 0 Å². The number of anilines is 1. The second-order valence-corrected chi connectivity index (χ2v) is 5.63. The number of carbonyl (C=O) groups excluding carboxylic acids is 1. The molecule has 0 aliphatic heterocycles. The summed E-state index contributed by atoms with van der Waals surface area (Å²) in [5, 5.41) is 4.83. The molecule has 0 saturated heterocycles. The van der Waals surface area contributed by atoms with Crippen molar-refractivity contribution in [1.82, 2.24) is 0 Å². The van der Waals surface area contributed by atoms with Gasteiger partial charge in [0.1, 0.15) is 6.04 Å². The number of halogens is 1. The minimum Gasteiger partial charge on any atom is -0.463 e. The van der Waals surface area contributed by atoms with Crippen LogP contribution in [-0.4, -0.2) is 12.5 Å². The predicted octanol–water partition coefficient (Wildman–Crippen LogP) is 2.61. The van der Waals surface area contributed by atoms with Crippen molar-refractivity contribution < 1.29 is 14.5 Å². The standard InChI is InChI=1S/C15H17BrN2O2/c1-10-5-6-13(12(16)8-10)18-15(19)9-17-11(2)14-4-3-7-20-14/h3-8,11,17H,9H2,1-2H3,(H,18,19)/p+1/t11-/m0/s1. The van der Waals surface area contributed by atoms with Gasteiger partial charge >= 0.3 is 0 Å². The van der Waals surface area contributed by atoms with Crippen molar-refractivity contribution in [3.8, 4) is 0 Å². The Morgan fingerprint density at radius 3 is 2.90 bits per heavy atom. The molecule has 0 spiro atoms. The first-order valence-electron chi connectivity index (χ1n) is 6.49. The van der Waals surface area contributed by atoms with Gasteiger partial charge in [-0.05, 0) is 59.6 Å². The van der Waals surface area contributed by atoms with Crippen LogP contribution in [0.4, 0.5) is 5.69 Å². The lowest BCUT2D eigenvalue weighted by molar-refractivity contribution is -0.684. The maximum absolute atomic E-state index is 11.9. The third-order valence-corrected chi connectivity index (χ3v) is 3.70. The van der Waals surface area contributed by atoms with Gasteiger partial charge in [-0.25, -0.2) is 0 Å². The molecule has 1 heterocycles. The Morgan fingerprint density at radius 2 is 2.25 bits per heavy atom. The van der Waals surface area contributed by atoms with Crippen LogP contribution in [0.25, 0.3) is 0 Å². The molecule has 1 aromatic carbocycles. The van der Waals surface area contributed by atoms with E-state index in [2.05, 4.69) is 21.2 Å². The number of hydrogen-bond acceptors (Lipinski definition) is 2. The molecule has 0 saturated carbocycles. The van der Waals surface area contributed by atoms with Gasteiger partial charge in [0.15, 0.2) is 12.3 Å². The minimum absolute atomic E-state index is 0.0343. The number of hydrogen-bond donors (Lipinski definition) is 2. The van der Waals surface area contributed by atoms with Crippen molar-refractivity contribution in [1.29, 1.82) is 0 Å². The average Bonchev–Trinajstić information content (AvgIpc) is 2.93. The highest BCUT2D eigenvalue weighted by Crippen LogP contribution is 2.23. The molecule has 1 atom stereocenters. The number of aryl methyl sites for hydroxylation is 1. The fraction of sp³-hybridized carbons (Fsp3) is 0.267. The van der Waals surface area contributed by atoms with E-state index in [4.69, 9.17) is 4.42 Å². The molecule has 5 heteroatoms. The molecule has 2 aromatic rings. The van der Waals surface area contributed by atoms with E-state index < -0.39 is 0 Å². The Kier molecular flexibility index (Phi) is 4.98. The molecule has 0 fully saturated rings. The van der Waals surface area contributed by atoms with Gasteiger partial charge in [-0.3, -0.25) is 4.79 Å². The zero-order chi connectivity index (χ0) is 14.5. The van der Waals surface area contributed by atoms with Crippen LogP contribution in [-0.2, 0) is 4.79 Å². The summed E-state index contributed by atoms with van der Waals surface area (Å²) in [6.45, 7) is 4.37. The third kappa shape index (κ3) is 3.95. The molecule has 20 heavy (non-hydrogen) atoms. The number of nitrogens with one attached hydrogen (secondary N) is 1. The molecule has 1 amide bonds. The lowest BCUT2D eigenvalue weighted by atomic mass is 10.2. The Labute approximate surface area is 126 Å². The van der Waals surface area contributed by atoms with Gasteiger partial charge in [0, 0.05) is 4.47 Å². The Hall–Kier alpha value is -1.59. The monoisotopic (exact) mass is 337 g/mol. The molecule has 0 unspecified atom stereocenters. The van der Waals surface area contributed by atoms with Gasteiger partial charge < -0.3 is 15.1 Å². The molecule has 1 aromatic heterocycles. The van der Waals surface area contributed by atoms with Gasteiger partial charge in [-0.15, -0.1) is 0 Å². The van der Waals surface area contributed by atoms with E-state index in [-0.39, 0.29) is 11.9 Å². The number of furan rings is 1. The molecule has 106 valence electrons. The summed E-state index contributed by atoms with van der Waals surface area (Å²) in [6, 6.07) is 9.73. The molecular formula is C15H18BrN2O2+. The first-order chi connectivity index (χ1) is 9.56. The van der Waals surface area contributed by atoms with Gasteiger partial charge in [0.05, 0.1) is 12.0 Å². The number of quaternary nitrogens is 1. The molecular weight excluding hydrogens is 320 g/mol. The normalized spacial score (nSPS) is 12.2. The Morgan fingerprint density at radius 1 is 1.45 bits per heavy atom. The number of rotatable bonds is 5. The molecule has 0 radical (unpaired) electrons. The van der Waals surface area contributed by atoms with Crippen molar-refractivity contribution in [2.45, 2.75) is 19.9 Å². The van der Waals surface area contributed by atoms with E-state index in [0.29, 0.717) is 6.54 Å². The summed E-state index contributed by atoms with van der Waals surface area (Å²) in [6.07, 6.45) is 1.64. The number of amides is 1. The lowest BCUT2D eigenvalue weighted by Crippen LogP contribution is -2.86. The van der Waals surface area contributed by atoms with E-state index in [1.807, 2.05) is 49.5 Å². The van der Waals surface area contributed by atoms with Crippen LogP contribution >= 0.6 is 15.9 Å². The van der Waals surface area contributed by atoms with Crippen molar-refractivity contribution >= 4 is 27.5 Å². The van der Waals surface area contributed by atoms with Crippen molar-refractivity contribution in [2.24, 2.45) is 0 Å². The number of nitrogens with two attached hydrogens (primary N) is 1. The topological polar surface area (TPSA) is 58.9 Å². The highest BCUT2D eigenvalue weighted by Gasteiger charge is 2.14. The second-order valence-electron chi connectivity index (χ2n) is 4.78. The maximum atomic E-state index is 11.9. The largest absolute Gasteiger partial charge is 0.463 e. The third-order valence-electron chi connectivity index (χ3n) is 3.05. The van der Waals surface area contributed by atoms with Crippen LogP contribution in [0.3, 0.4) is 0 Å². The summed E-state index contributed by atoms with van der Waals surface area (Å²) in [4.78, 5) is 11.9. The van der Waals surface area contributed by atoms with Crippen molar-refractivity contribution in [2.75, 3.05) is 11.9 Å². The fourth-order valence-electron chi connectivity index (χ4n) is 1.87. The summed E-state index contributed by atoms with van der Waals surface area (Å²) in [5.74, 6) is 0.835. The summed E-state index contributed by atoms with van der Waals surface area (Å²) >= 11 is 3.45. The van der Waals surface area contributed by atoms with Gasteiger partial charge in [-0.1, -0.05) is 6.07 Å². The highest BCUT2D eigenvalue weighted by atomic mass is 79.9. The van der Waals surface area contributed by atoms with Crippen LogP contribution in [0, 0.1) is 6.92 Å². The molecule has 0 aliphatic carbocycles. The zero-order valence-corrected chi connectivity index (χ0v) is 13.1. The molecule has 0 bridgehead atoms. The minimum atomic E-state index is -0.0343. The summed E-state index contributed by atoms with van der Waals surface area (Å²) < 4.78 is 6.20. The van der Waals surface area contributed by atoms with Crippen LogP contribution in [0.1, 0.15) is 24.3 Å². The summed E-state index contributed by atoms with van der Waals surface area (Å²) in [5.41, 5.74) is 1.94. The van der Waals surface area contributed by atoms with Crippen molar-refractivity contribution in [3.63, 3.8) is 0 Å². The Balaban J connectivity index is 1.86. The molecule has 4 nitrogen and oxygen atoms in total. The van der Waals surface area contributed by atoms with E-state index in [1.54, 1.807) is 6.26 Å². The average molecular weight is 338 g/mol. The van der Waals surface area contributed by atoms with Gasteiger partial charge in [0.2, 0.25) is 0 Å². The number of carbonyl (C=O) groups is 1.